The van der Waals surface area contributed by atoms with Gasteiger partial charge in [-0.05, 0) is 48.9 Å². The van der Waals surface area contributed by atoms with Gasteiger partial charge in [-0.25, -0.2) is 18.1 Å². The maximum atomic E-state index is 12.1. The third-order valence-corrected chi connectivity index (χ3v) is 5.58. The summed E-state index contributed by atoms with van der Waals surface area (Å²) in [6.45, 7) is 1.46. The summed E-state index contributed by atoms with van der Waals surface area (Å²) in [6, 6.07) is 14.6. The number of hydrogen-bond acceptors (Lipinski definition) is 6. The van der Waals surface area contributed by atoms with Crippen molar-refractivity contribution >= 4 is 21.6 Å². The second-order valence-electron chi connectivity index (χ2n) is 5.97. The Morgan fingerprint density at radius 1 is 1.14 bits per heavy atom. The Balaban J connectivity index is 1.94. The van der Waals surface area contributed by atoms with E-state index in [-0.39, 0.29) is 11.5 Å². The molecule has 0 spiro atoms. The van der Waals surface area contributed by atoms with Gasteiger partial charge in [0.2, 0.25) is 10.0 Å². The molecule has 2 aromatic rings. The molecule has 0 saturated heterocycles. The molecule has 0 bridgehead atoms. The molecule has 0 saturated carbocycles. The zero-order chi connectivity index (χ0) is 20.7. The lowest BCUT2D eigenvalue weighted by atomic mass is 10.1. The third-order valence-electron chi connectivity index (χ3n) is 3.75. The average Bonchev–Trinajstić information content (AvgIpc) is 2.70. The van der Waals surface area contributed by atoms with Crippen LogP contribution in [0, 0.1) is 11.3 Å². The maximum absolute atomic E-state index is 12.1. The van der Waals surface area contributed by atoms with Crippen LogP contribution in [0.15, 0.2) is 58.5 Å². The van der Waals surface area contributed by atoms with Crippen molar-refractivity contribution in [1.29, 1.82) is 5.26 Å². The smallest absolute Gasteiger partial charge is 0.277 e. The number of amides is 1. The Bertz CT molecular complexity index is 1010. The molecule has 0 heterocycles. The topological polar surface area (TPSA) is 112 Å². The molecule has 2 aromatic carbocycles. The van der Waals surface area contributed by atoms with E-state index in [0.717, 1.165) is 4.31 Å². The summed E-state index contributed by atoms with van der Waals surface area (Å²) >= 11 is 0. The molecule has 1 amide bonds. The van der Waals surface area contributed by atoms with Crippen molar-refractivity contribution in [2.45, 2.75) is 11.8 Å². The van der Waals surface area contributed by atoms with Gasteiger partial charge in [0.25, 0.3) is 5.91 Å². The van der Waals surface area contributed by atoms with Gasteiger partial charge in [-0.15, -0.1) is 0 Å². The van der Waals surface area contributed by atoms with E-state index in [1.807, 2.05) is 6.07 Å². The molecule has 1 N–H and O–H groups in total. The van der Waals surface area contributed by atoms with Crippen LogP contribution in [0.25, 0.3) is 0 Å². The van der Waals surface area contributed by atoms with Crippen LogP contribution in [-0.2, 0) is 14.8 Å². The Morgan fingerprint density at radius 3 is 2.29 bits per heavy atom. The summed E-state index contributed by atoms with van der Waals surface area (Å²) in [5.74, 6) is 0.0167. The van der Waals surface area contributed by atoms with Gasteiger partial charge in [0.05, 0.1) is 22.2 Å². The molecule has 8 nitrogen and oxygen atoms in total. The van der Waals surface area contributed by atoms with Crippen LogP contribution in [0.3, 0.4) is 0 Å². The van der Waals surface area contributed by atoms with Gasteiger partial charge in [0.1, 0.15) is 5.75 Å². The number of sulfonamides is 1. The van der Waals surface area contributed by atoms with Crippen molar-refractivity contribution in [3.63, 3.8) is 0 Å². The molecule has 2 rings (SSSR count). The van der Waals surface area contributed by atoms with Crippen molar-refractivity contribution in [2.24, 2.45) is 5.10 Å². The van der Waals surface area contributed by atoms with E-state index in [1.54, 1.807) is 43.3 Å². The third kappa shape index (κ3) is 5.39. The first-order valence-corrected chi connectivity index (χ1v) is 9.67. The van der Waals surface area contributed by atoms with Crippen molar-refractivity contribution in [1.82, 2.24) is 9.73 Å². The fourth-order valence-electron chi connectivity index (χ4n) is 2.10. The highest BCUT2D eigenvalue weighted by molar-refractivity contribution is 7.89. The molecule has 0 aliphatic rings. The van der Waals surface area contributed by atoms with E-state index in [0.29, 0.717) is 22.6 Å². The first-order chi connectivity index (χ1) is 13.2. The molecule has 28 heavy (non-hydrogen) atoms. The predicted octanol–water partition coefficient (Wildman–Crippen LogP) is 1.73. The predicted molar refractivity (Wildman–Crippen MR) is 104 cm³/mol. The standard InChI is InChI=1S/C19H20N4O4S/c1-14(16-6-10-18(11-7-16)28(25,26)23(2)3)21-22-19(24)13-27-17-8-4-15(12-20)5-9-17/h4-11H,13H2,1-3H3,(H,22,24)/b21-14-. The monoisotopic (exact) mass is 400 g/mol. The van der Waals surface area contributed by atoms with Gasteiger partial charge in [0, 0.05) is 14.1 Å². The largest absolute Gasteiger partial charge is 0.484 e. The lowest BCUT2D eigenvalue weighted by Gasteiger charge is -2.11. The van der Waals surface area contributed by atoms with E-state index in [2.05, 4.69) is 10.5 Å². The number of benzene rings is 2. The zero-order valence-corrected chi connectivity index (χ0v) is 16.5. The van der Waals surface area contributed by atoms with Crippen molar-refractivity contribution < 1.29 is 17.9 Å². The van der Waals surface area contributed by atoms with Crippen LogP contribution in [0.4, 0.5) is 0 Å². The lowest BCUT2D eigenvalue weighted by molar-refractivity contribution is -0.123. The highest BCUT2D eigenvalue weighted by atomic mass is 32.2. The van der Waals surface area contributed by atoms with Crippen LogP contribution in [-0.4, -0.2) is 45.0 Å². The SMILES string of the molecule is C/C(=N/NC(=O)COc1ccc(C#N)cc1)c1ccc(S(=O)(=O)N(C)C)cc1. The lowest BCUT2D eigenvalue weighted by Crippen LogP contribution is -2.25. The van der Waals surface area contributed by atoms with Crippen LogP contribution in [0.5, 0.6) is 5.75 Å². The fourth-order valence-corrected chi connectivity index (χ4v) is 3.00. The van der Waals surface area contributed by atoms with Gasteiger partial charge in [0.15, 0.2) is 6.61 Å². The quantitative estimate of drug-likeness (QED) is 0.562. The van der Waals surface area contributed by atoms with Crippen LogP contribution in [0.2, 0.25) is 0 Å². The van der Waals surface area contributed by atoms with Crippen molar-refractivity contribution in [3.05, 3.63) is 59.7 Å². The maximum Gasteiger partial charge on any atom is 0.277 e. The molecule has 0 atom stereocenters. The minimum Gasteiger partial charge on any atom is -0.484 e. The molecule has 0 unspecified atom stereocenters. The number of nitriles is 1. The number of hydrazone groups is 1. The summed E-state index contributed by atoms with van der Waals surface area (Å²) in [6.07, 6.45) is 0. The van der Waals surface area contributed by atoms with Crippen LogP contribution >= 0.6 is 0 Å². The van der Waals surface area contributed by atoms with Crippen LogP contribution in [0.1, 0.15) is 18.1 Å². The number of carbonyl (C=O) groups is 1. The minimum atomic E-state index is -3.49. The summed E-state index contributed by atoms with van der Waals surface area (Å²) in [7, 11) is -0.566. The summed E-state index contributed by atoms with van der Waals surface area (Å²) in [5.41, 5.74) is 4.07. The van der Waals surface area contributed by atoms with Gasteiger partial charge in [-0.3, -0.25) is 4.79 Å². The first kappa shape index (κ1) is 21.1. The van der Waals surface area contributed by atoms with E-state index in [1.165, 1.54) is 26.2 Å². The normalized spacial score (nSPS) is 11.8. The molecule has 0 aromatic heterocycles. The summed E-state index contributed by atoms with van der Waals surface area (Å²) in [4.78, 5) is 12.0. The number of rotatable bonds is 7. The molecule has 0 aliphatic heterocycles. The van der Waals surface area contributed by atoms with E-state index in [4.69, 9.17) is 10.00 Å². The van der Waals surface area contributed by atoms with Gasteiger partial charge >= 0.3 is 0 Å². The Morgan fingerprint density at radius 2 is 1.75 bits per heavy atom. The Kier molecular flexibility index (Phi) is 6.87. The summed E-state index contributed by atoms with van der Waals surface area (Å²) in [5, 5.41) is 12.7. The number of hydrogen-bond donors (Lipinski definition) is 1. The highest BCUT2D eigenvalue weighted by Crippen LogP contribution is 2.14. The van der Waals surface area contributed by atoms with E-state index in [9.17, 15) is 13.2 Å². The average molecular weight is 400 g/mol. The molecule has 0 fully saturated rings. The van der Waals surface area contributed by atoms with Gasteiger partial charge < -0.3 is 4.74 Å². The Hall–Kier alpha value is -3.22. The molecule has 146 valence electrons. The summed E-state index contributed by atoms with van der Waals surface area (Å²) < 4.78 is 30.6. The highest BCUT2D eigenvalue weighted by Gasteiger charge is 2.16. The number of nitrogens with zero attached hydrogens (tertiary/aromatic N) is 3. The van der Waals surface area contributed by atoms with Crippen LogP contribution < -0.4 is 10.2 Å². The van der Waals surface area contributed by atoms with Gasteiger partial charge in [-0.1, -0.05) is 12.1 Å². The second-order valence-corrected chi connectivity index (χ2v) is 8.12. The number of ether oxygens (including phenoxy) is 1. The minimum absolute atomic E-state index is 0.175. The fraction of sp³-hybridized carbons (Fsp3) is 0.211. The van der Waals surface area contributed by atoms with Crippen molar-refractivity contribution in [3.8, 4) is 11.8 Å². The second kappa shape index (κ2) is 9.12. The van der Waals surface area contributed by atoms with Gasteiger partial charge in [-0.2, -0.15) is 10.4 Å². The zero-order valence-electron chi connectivity index (χ0n) is 15.7. The van der Waals surface area contributed by atoms with E-state index < -0.39 is 15.9 Å². The number of carbonyl (C=O) groups excluding carboxylic acids is 1. The molecular weight excluding hydrogens is 380 g/mol. The Labute approximate surface area is 164 Å². The number of nitrogens with one attached hydrogen (secondary N) is 1. The molecule has 0 radical (unpaired) electrons. The van der Waals surface area contributed by atoms with E-state index >= 15 is 0 Å². The first-order valence-electron chi connectivity index (χ1n) is 8.23. The molecular formula is C19H20N4O4S. The van der Waals surface area contributed by atoms with Crippen molar-refractivity contribution in [2.75, 3.05) is 20.7 Å². The molecule has 9 heteroatoms. The molecule has 0 aliphatic carbocycles.